The van der Waals surface area contributed by atoms with E-state index >= 15 is 0 Å². The van der Waals surface area contributed by atoms with Crippen molar-refractivity contribution in [1.82, 2.24) is 10.6 Å². The van der Waals surface area contributed by atoms with E-state index in [9.17, 15) is 18.0 Å². The Kier molecular flexibility index (Phi) is 5.05. The quantitative estimate of drug-likeness (QED) is 0.763. The molecule has 0 saturated carbocycles. The summed E-state index contributed by atoms with van der Waals surface area (Å²) in [4.78, 5) is 11.0. The molecule has 0 radical (unpaired) electrons. The zero-order chi connectivity index (χ0) is 12.0. The minimum absolute atomic E-state index is 0.405. The summed E-state index contributed by atoms with van der Waals surface area (Å²) in [6, 6.07) is 0.405. The van der Waals surface area contributed by atoms with Gasteiger partial charge in [0.1, 0.15) is 0 Å². The molecule has 1 saturated heterocycles. The predicted molar refractivity (Wildman–Crippen MR) is 53.9 cm³/mol. The van der Waals surface area contributed by atoms with Crippen molar-refractivity contribution >= 4 is 5.91 Å². The van der Waals surface area contributed by atoms with Gasteiger partial charge in [-0.3, -0.25) is 4.79 Å². The second-order valence-electron chi connectivity index (χ2n) is 4.05. The number of alkyl halides is 3. The lowest BCUT2D eigenvalue weighted by Crippen LogP contribution is -2.31. The van der Waals surface area contributed by atoms with Crippen LogP contribution in [0, 0.1) is 0 Å². The molecule has 16 heavy (non-hydrogen) atoms. The van der Waals surface area contributed by atoms with Crippen LogP contribution in [0.15, 0.2) is 0 Å². The molecule has 0 spiro atoms. The van der Waals surface area contributed by atoms with Crippen molar-refractivity contribution in [1.29, 1.82) is 0 Å². The molecule has 3 nitrogen and oxygen atoms in total. The van der Waals surface area contributed by atoms with Crippen LogP contribution in [0.5, 0.6) is 0 Å². The summed E-state index contributed by atoms with van der Waals surface area (Å²) < 4.78 is 35.4. The minimum atomic E-state index is -4.25. The first-order valence-corrected chi connectivity index (χ1v) is 5.54. The number of amides is 1. The third-order valence-corrected chi connectivity index (χ3v) is 2.61. The highest BCUT2D eigenvalue weighted by Gasteiger charge is 2.27. The monoisotopic (exact) mass is 238 g/mol. The number of hydrogen-bond donors (Lipinski definition) is 2. The van der Waals surface area contributed by atoms with Crippen molar-refractivity contribution in [3.05, 3.63) is 0 Å². The first kappa shape index (κ1) is 13.3. The van der Waals surface area contributed by atoms with Gasteiger partial charge in [0, 0.05) is 19.0 Å². The SMILES string of the molecule is O=C(CCC(F)(F)F)NCC[C@H]1CCCN1. The van der Waals surface area contributed by atoms with Gasteiger partial charge in [-0.25, -0.2) is 0 Å². The number of carbonyl (C=O) groups is 1. The van der Waals surface area contributed by atoms with Crippen molar-refractivity contribution in [2.75, 3.05) is 13.1 Å². The van der Waals surface area contributed by atoms with Crippen LogP contribution in [0.25, 0.3) is 0 Å². The lowest BCUT2D eigenvalue weighted by atomic mass is 10.1. The standard InChI is InChI=1S/C10H17F3N2O/c11-10(12,13)5-3-9(16)15-7-4-8-2-1-6-14-8/h8,14H,1-7H2,(H,15,16)/t8-/m1/s1. The van der Waals surface area contributed by atoms with E-state index in [-0.39, 0.29) is 0 Å². The number of hydrogen-bond acceptors (Lipinski definition) is 2. The van der Waals surface area contributed by atoms with Crippen molar-refractivity contribution < 1.29 is 18.0 Å². The highest BCUT2D eigenvalue weighted by molar-refractivity contribution is 5.75. The van der Waals surface area contributed by atoms with Gasteiger partial charge < -0.3 is 10.6 Å². The number of rotatable bonds is 5. The zero-order valence-corrected chi connectivity index (χ0v) is 9.07. The van der Waals surface area contributed by atoms with Gasteiger partial charge >= 0.3 is 6.18 Å². The summed E-state index contributed by atoms with van der Waals surface area (Å²) in [5.41, 5.74) is 0. The molecule has 1 rings (SSSR count). The second kappa shape index (κ2) is 6.08. The number of carbonyl (C=O) groups excluding carboxylic acids is 1. The van der Waals surface area contributed by atoms with Crippen molar-refractivity contribution in [3.63, 3.8) is 0 Å². The van der Waals surface area contributed by atoms with Gasteiger partial charge in [0.15, 0.2) is 0 Å². The third kappa shape index (κ3) is 5.95. The van der Waals surface area contributed by atoms with E-state index in [2.05, 4.69) is 10.6 Å². The van der Waals surface area contributed by atoms with E-state index in [1.807, 2.05) is 0 Å². The Bertz CT molecular complexity index is 225. The van der Waals surface area contributed by atoms with Gasteiger partial charge in [0.25, 0.3) is 0 Å². The summed E-state index contributed by atoms with van der Waals surface area (Å²) in [5.74, 6) is -0.518. The molecule has 1 amide bonds. The van der Waals surface area contributed by atoms with E-state index in [0.717, 1.165) is 25.8 Å². The first-order chi connectivity index (χ1) is 7.47. The van der Waals surface area contributed by atoms with Crippen molar-refractivity contribution in [2.45, 2.75) is 44.3 Å². The van der Waals surface area contributed by atoms with Crippen LogP contribution in [0.2, 0.25) is 0 Å². The second-order valence-corrected chi connectivity index (χ2v) is 4.05. The van der Waals surface area contributed by atoms with Crippen LogP contribution < -0.4 is 10.6 Å². The van der Waals surface area contributed by atoms with E-state index in [1.54, 1.807) is 0 Å². The molecule has 1 aliphatic heterocycles. The highest BCUT2D eigenvalue weighted by atomic mass is 19.4. The van der Waals surface area contributed by atoms with Crippen LogP contribution in [0.1, 0.15) is 32.1 Å². The van der Waals surface area contributed by atoms with Crippen molar-refractivity contribution in [2.24, 2.45) is 0 Å². The Morgan fingerprint density at radius 2 is 2.19 bits per heavy atom. The molecule has 6 heteroatoms. The Morgan fingerprint density at radius 3 is 2.75 bits per heavy atom. The van der Waals surface area contributed by atoms with Gasteiger partial charge in [0.2, 0.25) is 5.91 Å². The smallest absolute Gasteiger partial charge is 0.356 e. The van der Waals surface area contributed by atoms with Gasteiger partial charge in [-0.05, 0) is 25.8 Å². The molecular weight excluding hydrogens is 221 g/mol. The lowest BCUT2D eigenvalue weighted by molar-refractivity contribution is -0.144. The van der Waals surface area contributed by atoms with Crippen LogP contribution in [-0.2, 0) is 4.79 Å². The third-order valence-electron chi connectivity index (χ3n) is 2.61. The van der Waals surface area contributed by atoms with Crippen molar-refractivity contribution in [3.8, 4) is 0 Å². The van der Waals surface area contributed by atoms with E-state index < -0.39 is 24.9 Å². The van der Waals surface area contributed by atoms with Crippen LogP contribution in [0.3, 0.4) is 0 Å². The predicted octanol–water partition coefficient (Wildman–Crippen LogP) is 1.59. The highest BCUT2D eigenvalue weighted by Crippen LogP contribution is 2.20. The Hall–Kier alpha value is -0.780. The molecule has 0 aromatic heterocycles. The molecule has 0 unspecified atom stereocenters. The summed E-state index contributed by atoms with van der Waals surface area (Å²) in [5, 5.41) is 5.76. The normalized spacial score (nSPS) is 21.1. The van der Waals surface area contributed by atoms with Gasteiger partial charge in [-0.2, -0.15) is 13.2 Å². The fourth-order valence-electron chi connectivity index (χ4n) is 1.73. The molecule has 1 atom stereocenters. The molecule has 0 aromatic carbocycles. The zero-order valence-electron chi connectivity index (χ0n) is 9.07. The minimum Gasteiger partial charge on any atom is -0.356 e. The van der Waals surface area contributed by atoms with E-state index in [1.165, 1.54) is 0 Å². The summed E-state index contributed by atoms with van der Waals surface area (Å²) in [6.45, 7) is 1.45. The fraction of sp³-hybridized carbons (Fsp3) is 0.900. The average molecular weight is 238 g/mol. The Labute approximate surface area is 92.8 Å². The molecule has 0 aliphatic carbocycles. The van der Waals surface area contributed by atoms with Gasteiger partial charge in [0.05, 0.1) is 6.42 Å². The number of halogens is 3. The molecule has 0 bridgehead atoms. The van der Waals surface area contributed by atoms with Gasteiger partial charge in [-0.15, -0.1) is 0 Å². The summed E-state index contributed by atoms with van der Waals surface area (Å²) in [7, 11) is 0. The maximum absolute atomic E-state index is 11.8. The first-order valence-electron chi connectivity index (χ1n) is 5.54. The molecule has 1 heterocycles. The fourth-order valence-corrected chi connectivity index (χ4v) is 1.73. The molecule has 1 fully saturated rings. The largest absolute Gasteiger partial charge is 0.389 e. The van der Waals surface area contributed by atoms with Crippen LogP contribution >= 0.6 is 0 Å². The van der Waals surface area contributed by atoms with Crippen LogP contribution in [-0.4, -0.2) is 31.2 Å². The maximum Gasteiger partial charge on any atom is 0.389 e. The van der Waals surface area contributed by atoms with Gasteiger partial charge in [-0.1, -0.05) is 0 Å². The topological polar surface area (TPSA) is 41.1 Å². The molecule has 94 valence electrons. The Morgan fingerprint density at radius 1 is 1.44 bits per heavy atom. The summed E-state index contributed by atoms with van der Waals surface area (Å²) >= 11 is 0. The Balaban J connectivity index is 2.01. The average Bonchev–Trinajstić information content (AvgIpc) is 2.66. The lowest BCUT2D eigenvalue weighted by Gasteiger charge is -2.11. The van der Waals surface area contributed by atoms with E-state index in [0.29, 0.717) is 12.6 Å². The maximum atomic E-state index is 11.8. The summed E-state index contributed by atoms with van der Waals surface area (Å²) in [6.07, 6.45) is -2.75. The number of nitrogens with one attached hydrogen (secondary N) is 2. The van der Waals surface area contributed by atoms with E-state index in [4.69, 9.17) is 0 Å². The molecular formula is C10H17F3N2O. The molecule has 2 N–H and O–H groups in total. The molecule has 0 aromatic rings. The van der Waals surface area contributed by atoms with Crippen LogP contribution in [0.4, 0.5) is 13.2 Å². The molecule has 1 aliphatic rings.